The van der Waals surface area contributed by atoms with Crippen LogP contribution in [0.1, 0.15) is 0 Å². The Morgan fingerprint density at radius 2 is 1.89 bits per heavy atom. The molecule has 0 atom stereocenters. The summed E-state index contributed by atoms with van der Waals surface area (Å²) < 4.78 is 4.42. The highest BCUT2D eigenvalue weighted by Crippen LogP contribution is 1.92. The predicted molar refractivity (Wildman–Crippen MR) is 36.2 cm³/mol. The van der Waals surface area contributed by atoms with Crippen LogP contribution in [0.25, 0.3) is 0 Å². The van der Waals surface area contributed by atoms with E-state index in [9.17, 15) is 9.59 Å². The minimum Gasteiger partial charge on any atom is -0.268 e. The van der Waals surface area contributed by atoms with Crippen LogP contribution in [0, 0.1) is 0 Å². The van der Waals surface area contributed by atoms with Gasteiger partial charge in [0.1, 0.15) is 12.5 Å². The molecule has 0 heterocycles. The van der Waals surface area contributed by atoms with Crippen LogP contribution in [0.15, 0.2) is 0 Å². The minimum atomic E-state index is -1.07. The molecule has 0 spiro atoms. The summed E-state index contributed by atoms with van der Waals surface area (Å²) in [7, 11) is 0. The van der Waals surface area contributed by atoms with Crippen LogP contribution in [0.5, 0.6) is 0 Å². The summed E-state index contributed by atoms with van der Waals surface area (Å²) in [6.45, 7) is 0. The Bertz CT molecular complexity index is 134. The Morgan fingerprint density at radius 1 is 1.44 bits per heavy atom. The van der Waals surface area contributed by atoms with E-state index in [0.29, 0.717) is 0 Å². The van der Waals surface area contributed by atoms with E-state index in [2.05, 4.69) is 4.18 Å². The molecule has 0 aliphatic carbocycles. The van der Waals surface area contributed by atoms with E-state index in [1.54, 1.807) is 12.5 Å². The predicted octanol–water partition coefficient (Wildman–Crippen LogP) is 0.0879. The van der Waals surface area contributed by atoms with Gasteiger partial charge < -0.3 is 0 Å². The normalized spacial score (nSPS) is 9.33. The van der Waals surface area contributed by atoms with Crippen molar-refractivity contribution in [3.63, 3.8) is 0 Å². The van der Waals surface area contributed by atoms with Crippen LogP contribution in [-0.4, -0.2) is 23.7 Å². The molecule has 3 nitrogen and oxygen atoms in total. The number of carbonyl (C=O) groups is 2. The fourth-order valence-electron chi connectivity index (χ4n) is 0.184. The van der Waals surface area contributed by atoms with Gasteiger partial charge in [-0.3, -0.25) is 4.79 Å². The first kappa shape index (κ1) is 8.78. The first-order valence-corrected chi connectivity index (χ1v) is 4.38. The van der Waals surface area contributed by atoms with Crippen LogP contribution < -0.4 is 0 Å². The van der Waals surface area contributed by atoms with E-state index >= 15 is 0 Å². The van der Waals surface area contributed by atoms with Gasteiger partial charge in [-0.1, -0.05) is 0 Å². The van der Waals surface area contributed by atoms with Crippen molar-refractivity contribution in [2.24, 2.45) is 0 Å². The zero-order valence-electron chi connectivity index (χ0n) is 5.01. The Balaban J connectivity index is 3.65. The molecule has 5 heteroatoms. The van der Waals surface area contributed by atoms with Gasteiger partial charge >= 0.3 is 11.2 Å². The Hall–Kier alpha value is -0.220. The van der Waals surface area contributed by atoms with Crippen molar-refractivity contribution in [3.8, 4) is 0 Å². The summed E-state index contributed by atoms with van der Waals surface area (Å²) in [5, 5.41) is -1.07. The van der Waals surface area contributed by atoms with Gasteiger partial charge in [0.25, 0.3) is 0 Å². The van der Waals surface area contributed by atoms with Crippen molar-refractivity contribution in [2.75, 3.05) is 12.5 Å². The average molecular weight is 170 g/mol. The summed E-state index contributed by atoms with van der Waals surface area (Å²) in [5.41, 5.74) is 0. The van der Waals surface area contributed by atoms with Crippen LogP contribution in [-0.2, 0) is 24.9 Å². The molecule has 0 aromatic rings. The van der Waals surface area contributed by atoms with Gasteiger partial charge in [-0.15, -0.1) is 0 Å². The van der Waals surface area contributed by atoms with E-state index in [-0.39, 0.29) is 0 Å². The third-order valence-corrected chi connectivity index (χ3v) is 1.04. The summed E-state index contributed by atoms with van der Waals surface area (Å²) in [6.07, 6.45) is 3.33. The van der Waals surface area contributed by atoms with E-state index in [1.807, 2.05) is 0 Å². The van der Waals surface area contributed by atoms with E-state index in [4.69, 9.17) is 11.6 Å². The second-order valence-corrected chi connectivity index (χ2v) is 3.38. The van der Waals surface area contributed by atoms with Gasteiger partial charge in [0.05, 0.1) is 0 Å². The largest absolute Gasteiger partial charge is 0.446 e. The maximum absolute atomic E-state index is 10.3. The third-order valence-electron chi connectivity index (χ3n) is 0.403. The molecule has 52 valence electrons. The summed E-state index contributed by atoms with van der Waals surface area (Å²) in [4.78, 5) is 20.2. The SMILES string of the molecule is C[S+](C)OC(=O)C(=O)Cl. The molecule has 0 bridgehead atoms. The fourth-order valence-corrected chi connectivity index (χ4v) is 0.647. The van der Waals surface area contributed by atoms with Crippen LogP contribution in [0.3, 0.4) is 0 Å². The molecule has 0 unspecified atom stereocenters. The van der Waals surface area contributed by atoms with Crippen LogP contribution in [0.4, 0.5) is 0 Å². The number of halogens is 1. The number of hydrogen-bond donors (Lipinski definition) is 0. The molecule has 0 amide bonds. The van der Waals surface area contributed by atoms with Crippen molar-refractivity contribution in [1.82, 2.24) is 0 Å². The molecular weight excluding hydrogens is 164 g/mol. The topological polar surface area (TPSA) is 43.4 Å². The number of hydrogen-bond acceptors (Lipinski definition) is 3. The lowest BCUT2D eigenvalue weighted by Gasteiger charge is -1.90. The highest BCUT2D eigenvalue weighted by Gasteiger charge is 2.19. The van der Waals surface area contributed by atoms with Crippen molar-refractivity contribution in [3.05, 3.63) is 0 Å². The van der Waals surface area contributed by atoms with Crippen LogP contribution in [0.2, 0.25) is 0 Å². The highest BCUT2D eigenvalue weighted by molar-refractivity contribution is 7.91. The van der Waals surface area contributed by atoms with Crippen molar-refractivity contribution in [2.45, 2.75) is 0 Å². The second-order valence-electron chi connectivity index (χ2n) is 1.39. The lowest BCUT2D eigenvalue weighted by Crippen LogP contribution is -2.15. The molecule has 0 radical (unpaired) electrons. The van der Waals surface area contributed by atoms with Crippen molar-refractivity contribution >= 4 is 34.0 Å². The lowest BCUT2D eigenvalue weighted by atomic mass is 10.8. The summed E-state index contributed by atoms with van der Waals surface area (Å²) in [5.74, 6) is -0.981. The zero-order chi connectivity index (χ0) is 7.44. The van der Waals surface area contributed by atoms with Crippen LogP contribution >= 0.6 is 11.6 Å². The maximum Gasteiger partial charge on any atom is 0.446 e. The number of carbonyl (C=O) groups excluding carboxylic acids is 2. The smallest absolute Gasteiger partial charge is 0.268 e. The highest BCUT2D eigenvalue weighted by atomic mass is 35.5. The number of rotatable bonds is 2. The van der Waals surface area contributed by atoms with Crippen molar-refractivity contribution < 1.29 is 13.8 Å². The minimum absolute atomic E-state index is 0.521. The van der Waals surface area contributed by atoms with Gasteiger partial charge in [0, 0.05) is 0 Å². The first-order valence-electron chi connectivity index (χ1n) is 2.03. The molecule has 0 aliphatic rings. The molecule has 0 aromatic heterocycles. The molecule has 0 aliphatic heterocycles. The van der Waals surface area contributed by atoms with E-state index < -0.39 is 22.4 Å². The molecule has 0 rings (SSSR count). The summed E-state index contributed by atoms with van der Waals surface area (Å²) in [6, 6.07) is 0. The van der Waals surface area contributed by atoms with Gasteiger partial charge in [-0.05, 0) is 11.6 Å². The Labute approximate surface area is 60.9 Å². The quantitative estimate of drug-likeness (QED) is 0.334. The lowest BCUT2D eigenvalue weighted by molar-refractivity contribution is -0.142. The van der Waals surface area contributed by atoms with E-state index in [0.717, 1.165) is 0 Å². The van der Waals surface area contributed by atoms with E-state index in [1.165, 1.54) is 0 Å². The van der Waals surface area contributed by atoms with Gasteiger partial charge in [-0.2, -0.15) is 0 Å². The second kappa shape index (κ2) is 3.74. The maximum atomic E-state index is 10.3. The molecule has 0 aromatic carbocycles. The third kappa shape index (κ3) is 4.29. The monoisotopic (exact) mass is 169 g/mol. The standard InChI is InChI=1S/C4H6ClO3S/c1-9(2)8-4(7)3(5)6/h1-2H3/q+1. The molecule has 0 saturated carbocycles. The van der Waals surface area contributed by atoms with Gasteiger partial charge in [0.15, 0.2) is 11.2 Å². The first-order chi connectivity index (χ1) is 4.04. The Kier molecular flexibility index (Phi) is 3.65. The van der Waals surface area contributed by atoms with Gasteiger partial charge in [-0.25, -0.2) is 8.98 Å². The zero-order valence-corrected chi connectivity index (χ0v) is 6.58. The molecule has 0 fully saturated rings. The average Bonchev–Trinajstić information content (AvgIpc) is 1.63. The molecule has 0 saturated heterocycles. The molecular formula is C4H6ClO3S+. The molecule has 0 N–H and O–H groups in total. The summed E-state index contributed by atoms with van der Waals surface area (Å²) >= 11 is 4.24. The van der Waals surface area contributed by atoms with Crippen molar-refractivity contribution in [1.29, 1.82) is 0 Å². The fraction of sp³-hybridized carbons (Fsp3) is 0.500. The van der Waals surface area contributed by atoms with Gasteiger partial charge in [0.2, 0.25) is 0 Å². The Morgan fingerprint density at radius 3 is 2.00 bits per heavy atom. The molecule has 9 heavy (non-hydrogen) atoms.